The van der Waals surface area contributed by atoms with E-state index in [1.54, 1.807) is 0 Å². The van der Waals surface area contributed by atoms with E-state index in [4.69, 9.17) is 5.73 Å². The second kappa shape index (κ2) is 5.32. The van der Waals surface area contributed by atoms with E-state index in [1.807, 2.05) is 6.92 Å². The Balaban J connectivity index is 1.79. The molecule has 3 rings (SSSR count). The third-order valence-corrected chi connectivity index (χ3v) is 5.55. The maximum Gasteiger partial charge on any atom is 0.156 e. The number of aryl methyl sites for hydroxylation is 1. The fourth-order valence-electron chi connectivity index (χ4n) is 3.96. The van der Waals surface area contributed by atoms with Crippen molar-refractivity contribution in [3.8, 4) is 0 Å². The van der Waals surface area contributed by atoms with E-state index in [1.165, 1.54) is 49.7 Å². The van der Waals surface area contributed by atoms with Crippen molar-refractivity contribution in [2.24, 2.45) is 11.1 Å². The monoisotopic (exact) mass is 274 g/mol. The second-order valence-electron chi connectivity index (χ2n) is 6.61. The minimum atomic E-state index is 0.555. The molecule has 4 nitrogen and oxygen atoms in total. The molecule has 0 radical (unpaired) electrons. The largest absolute Gasteiger partial charge is 0.355 e. The van der Waals surface area contributed by atoms with Gasteiger partial charge in [0, 0.05) is 25.2 Å². The van der Waals surface area contributed by atoms with Gasteiger partial charge in [-0.1, -0.05) is 12.8 Å². The summed E-state index contributed by atoms with van der Waals surface area (Å²) in [6.45, 7) is 6.90. The lowest BCUT2D eigenvalue weighted by molar-refractivity contribution is 0.226. The zero-order chi connectivity index (χ0) is 14.2. The van der Waals surface area contributed by atoms with Gasteiger partial charge >= 0.3 is 0 Å². The summed E-state index contributed by atoms with van der Waals surface area (Å²) in [5.41, 5.74) is 9.98. The number of nitrogens with two attached hydrogens (primary N) is 1. The standard InChI is InChI=1S/C16H26N4/c1-12-13(2)18-19-15(14(12)11-17)20-9-7-16(8-10-20)5-3-4-6-16/h3-11,17H2,1-2H3. The van der Waals surface area contributed by atoms with Crippen molar-refractivity contribution < 1.29 is 0 Å². The van der Waals surface area contributed by atoms with Crippen LogP contribution in [-0.2, 0) is 6.54 Å². The second-order valence-corrected chi connectivity index (χ2v) is 6.61. The molecule has 0 amide bonds. The molecule has 2 N–H and O–H groups in total. The third kappa shape index (κ3) is 2.30. The van der Waals surface area contributed by atoms with Crippen LogP contribution in [0.4, 0.5) is 5.82 Å². The molecule has 1 saturated heterocycles. The lowest BCUT2D eigenvalue weighted by atomic mass is 9.77. The van der Waals surface area contributed by atoms with Gasteiger partial charge in [-0.25, -0.2) is 0 Å². The molecular formula is C16H26N4. The topological polar surface area (TPSA) is 55.0 Å². The summed E-state index contributed by atoms with van der Waals surface area (Å²) in [4.78, 5) is 2.41. The number of hydrogen-bond donors (Lipinski definition) is 1. The highest BCUT2D eigenvalue weighted by Crippen LogP contribution is 2.46. The zero-order valence-corrected chi connectivity index (χ0v) is 12.8. The molecule has 0 unspecified atom stereocenters. The number of piperidine rings is 1. The Bertz CT molecular complexity index is 481. The first-order valence-electron chi connectivity index (χ1n) is 7.93. The van der Waals surface area contributed by atoms with E-state index in [-0.39, 0.29) is 0 Å². The van der Waals surface area contributed by atoms with Gasteiger partial charge in [-0.15, -0.1) is 5.10 Å². The highest BCUT2D eigenvalue weighted by Gasteiger charge is 2.37. The Kier molecular flexibility index (Phi) is 3.67. The average molecular weight is 274 g/mol. The Labute approximate surface area is 121 Å². The lowest BCUT2D eigenvalue weighted by Crippen LogP contribution is -2.40. The third-order valence-electron chi connectivity index (χ3n) is 5.55. The number of anilines is 1. The summed E-state index contributed by atoms with van der Waals surface area (Å²) in [6, 6.07) is 0. The minimum Gasteiger partial charge on any atom is -0.355 e. The van der Waals surface area contributed by atoms with Gasteiger partial charge in [0.05, 0.1) is 5.69 Å². The van der Waals surface area contributed by atoms with Crippen molar-refractivity contribution in [3.05, 3.63) is 16.8 Å². The lowest BCUT2D eigenvalue weighted by Gasteiger charge is -2.40. The van der Waals surface area contributed by atoms with Crippen LogP contribution in [0.15, 0.2) is 0 Å². The molecule has 1 aliphatic carbocycles. The molecule has 1 saturated carbocycles. The number of nitrogens with zero attached hydrogens (tertiary/aromatic N) is 3. The molecule has 0 atom stereocenters. The van der Waals surface area contributed by atoms with Gasteiger partial charge < -0.3 is 10.6 Å². The summed E-state index contributed by atoms with van der Waals surface area (Å²) < 4.78 is 0. The fourth-order valence-corrected chi connectivity index (χ4v) is 3.96. The van der Waals surface area contributed by atoms with Crippen LogP contribution in [0.5, 0.6) is 0 Å². The Morgan fingerprint density at radius 3 is 2.30 bits per heavy atom. The Morgan fingerprint density at radius 2 is 1.70 bits per heavy atom. The maximum absolute atomic E-state index is 5.95. The first kappa shape index (κ1) is 13.8. The van der Waals surface area contributed by atoms with E-state index >= 15 is 0 Å². The highest BCUT2D eigenvalue weighted by molar-refractivity contribution is 5.51. The van der Waals surface area contributed by atoms with Gasteiger partial charge in [0.1, 0.15) is 0 Å². The molecule has 1 aliphatic heterocycles. The van der Waals surface area contributed by atoms with Gasteiger partial charge in [0.2, 0.25) is 0 Å². The molecule has 2 aliphatic rings. The molecule has 1 spiro atoms. The molecule has 1 aromatic heterocycles. The van der Waals surface area contributed by atoms with Crippen molar-refractivity contribution in [1.82, 2.24) is 10.2 Å². The summed E-state index contributed by atoms with van der Waals surface area (Å²) in [7, 11) is 0. The van der Waals surface area contributed by atoms with Gasteiger partial charge in [0.25, 0.3) is 0 Å². The predicted octanol–water partition coefficient (Wildman–Crippen LogP) is 2.71. The summed E-state index contributed by atoms with van der Waals surface area (Å²) in [5.74, 6) is 1.03. The number of rotatable bonds is 2. The van der Waals surface area contributed by atoms with Gasteiger partial charge in [-0.3, -0.25) is 0 Å². The smallest absolute Gasteiger partial charge is 0.156 e. The van der Waals surface area contributed by atoms with E-state index in [0.29, 0.717) is 12.0 Å². The number of aromatic nitrogens is 2. The first-order valence-corrected chi connectivity index (χ1v) is 7.93. The van der Waals surface area contributed by atoms with Gasteiger partial charge in [-0.05, 0) is 50.5 Å². The zero-order valence-electron chi connectivity index (χ0n) is 12.8. The highest BCUT2D eigenvalue weighted by atomic mass is 15.3. The van der Waals surface area contributed by atoms with Crippen molar-refractivity contribution in [2.45, 2.75) is 58.9 Å². The maximum atomic E-state index is 5.95. The first-order chi connectivity index (χ1) is 9.65. The molecule has 4 heteroatoms. The van der Waals surface area contributed by atoms with Gasteiger partial charge in [0.15, 0.2) is 5.82 Å². The molecule has 2 heterocycles. The molecular weight excluding hydrogens is 248 g/mol. The molecule has 0 aromatic carbocycles. The van der Waals surface area contributed by atoms with Crippen LogP contribution in [-0.4, -0.2) is 23.3 Å². The molecule has 0 bridgehead atoms. The molecule has 1 aromatic rings. The van der Waals surface area contributed by atoms with Crippen molar-refractivity contribution in [2.75, 3.05) is 18.0 Å². The fraction of sp³-hybridized carbons (Fsp3) is 0.750. The van der Waals surface area contributed by atoms with Crippen LogP contribution in [0, 0.1) is 19.3 Å². The molecule has 110 valence electrons. The summed E-state index contributed by atoms with van der Waals surface area (Å²) in [6.07, 6.45) is 8.35. The van der Waals surface area contributed by atoms with Crippen molar-refractivity contribution >= 4 is 5.82 Å². The average Bonchev–Trinajstić information content (AvgIpc) is 2.91. The van der Waals surface area contributed by atoms with E-state index in [0.717, 1.165) is 24.6 Å². The Morgan fingerprint density at radius 1 is 1.05 bits per heavy atom. The normalized spacial score (nSPS) is 21.6. The number of hydrogen-bond acceptors (Lipinski definition) is 4. The van der Waals surface area contributed by atoms with Crippen LogP contribution in [0.1, 0.15) is 55.3 Å². The van der Waals surface area contributed by atoms with Crippen molar-refractivity contribution in [3.63, 3.8) is 0 Å². The predicted molar refractivity (Wildman–Crippen MR) is 81.7 cm³/mol. The van der Waals surface area contributed by atoms with E-state index < -0.39 is 0 Å². The minimum absolute atomic E-state index is 0.555. The van der Waals surface area contributed by atoms with Crippen molar-refractivity contribution in [1.29, 1.82) is 0 Å². The summed E-state index contributed by atoms with van der Waals surface area (Å²) >= 11 is 0. The quantitative estimate of drug-likeness (QED) is 0.901. The van der Waals surface area contributed by atoms with Crippen LogP contribution < -0.4 is 10.6 Å². The van der Waals surface area contributed by atoms with E-state index in [2.05, 4.69) is 22.0 Å². The van der Waals surface area contributed by atoms with Crippen LogP contribution in [0.25, 0.3) is 0 Å². The van der Waals surface area contributed by atoms with E-state index in [9.17, 15) is 0 Å². The van der Waals surface area contributed by atoms with Crippen LogP contribution in [0.3, 0.4) is 0 Å². The van der Waals surface area contributed by atoms with Crippen LogP contribution in [0.2, 0.25) is 0 Å². The Hall–Kier alpha value is -1.16. The summed E-state index contributed by atoms with van der Waals surface area (Å²) in [5, 5.41) is 8.75. The van der Waals surface area contributed by atoms with Gasteiger partial charge in [-0.2, -0.15) is 5.10 Å². The SMILES string of the molecule is Cc1nnc(N2CCC3(CCCC3)CC2)c(CN)c1C. The molecule has 2 fully saturated rings. The molecule has 20 heavy (non-hydrogen) atoms. The van der Waals surface area contributed by atoms with Crippen LogP contribution >= 0.6 is 0 Å².